The van der Waals surface area contributed by atoms with Gasteiger partial charge in [0.05, 0.1) is 26.0 Å². The summed E-state index contributed by atoms with van der Waals surface area (Å²) in [6.45, 7) is 1.65. The molecule has 36 heavy (non-hydrogen) atoms. The van der Waals surface area contributed by atoms with Crippen molar-refractivity contribution in [2.24, 2.45) is 0 Å². The zero-order valence-corrected chi connectivity index (χ0v) is 19.3. The molecule has 3 amide bonds. The highest BCUT2D eigenvalue weighted by atomic mass is 19.1. The number of amides is 3. The minimum atomic E-state index is -0.942. The number of hydrogen-bond donors (Lipinski definition) is 1. The number of hydrogen-bond acceptors (Lipinski definition) is 6. The normalized spacial score (nSPS) is 19.8. The standard InChI is InChI=1S/C26H24FN3O6/c27-19-4-1-3-17(15-19)16-30-22(25(32)29-10-13-34-14-11-29)23(36-26(30)33)18-6-8-20(9-7-18)28-24(31)21-5-2-12-35-21/h1-9,12,15,22-23H,10-11,13-14,16H2,(H,28,31). The average Bonchev–Trinajstić information content (AvgIpc) is 3.54. The van der Waals surface area contributed by atoms with Crippen molar-refractivity contribution in [3.05, 3.63) is 89.6 Å². The molecule has 0 radical (unpaired) electrons. The van der Waals surface area contributed by atoms with Gasteiger partial charge >= 0.3 is 6.09 Å². The van der Waals surface area contributed by atoms with E-state index in [9.17, 15) is 18.8 Å². The Kier molecular flexibility index (Phi) is 6.68. The number of benzene rings is 2. The molecule has 0 aliphatic carbocycles. The molecule has 2 fully saturated rings. The van der Waals surface area contributed by atoms with E-state index in [4.69, 9.17) is 13.9 Å². The number of carbonyl (C=O) groups excluding carboxylic acids is 3. The summed E-state index contributed by atoms with van der Waals surface area (Å²) < 4.78 is 29.9. The predicted molar refractivity (Wildman–Crippen MR) is 125 cm³/mol. The molecule has 1 aromatic heterocycles. The number of nitrogens with zero attached hydrogens (tertiary/aromatic N) is 2. The van der Waals surface area contributed by atoms with Crippen LogP contribution in [0.1, 0.15) is 27.8 Å². The molecular formula is C26H24FN3O6. The largest absolute Gasteiger partial charge is 0.459 e. The van der Waals surface area contributed by atoms with Crippen LogP contribution < -0.4 is 5.32 Å². The first-order chi connectivity index (χ1) is 17.5. The van der Waals surface area contributed by atoms with E-state index in [2.05, 4.69) is 5.32 Å². The van der Waals surface area contributed by atoms with Crippen LogP contribution in [-0.4, -0.2) is 60.1 Å². The van der Waals surface area contributed by atoms with E-state index in [-0.39, 0.29) is 18.2 Å². The lowest BCUT2D eigenvalue weighted by molar-refractivity contribution is -0.141. The van der Waals surface area contributed by atoms with Gasteiger partial charge in [-0.25, -0.2) is 9.18 Å². The average molecular weight is 493 g/mol. The topological polar surface area (TPSA) is 101 Å². The molecule has 2 aliphatic heterocycles. The van der Waals surface area contributed by atoms with Crippen LogP contribution in [0.15, 0.2) is 71.3 Å². The Balaban J connectivity index is 1.40. The molecule has 0 saturated carbocycles. The molecule has 10 heteroatoms. The number of anilines is 1. The molecule has 3 heterocycles. The maximum Gasteiger partial charge on any atom is 0.411 e. The van der Waals surface area contributed by atoms with Gasteiger partial charge in [0.1, 0.15) is 5.82 Å². The van der Waals surface area contributed by atoms with Gasteiger partial charge in [0.15, 0.2) is 17.9 Å². The van der Waals surface area contributed by atoms with Gasteiger partial charge in [0, 0.05) is 18.8 Å². The van der Waals surface area contributed by atoms with Crippen molar-refractivity contribution in [3.8, 4) is 0 Å². The van der Waals surface area contributed by atoms with E-state index in [0.717, 1.165) is 0 Å². The van der Waals surface area contributed by atoms with Crippen molar-refractivity contribution in [1.82, 2.24) is 9.80 Å². The Morgan fingerprint density at radius 2 is 1.81 bits per heavy atom. The number of morpholine rings is 1. The van der Waals surface area contributed by atoms with Gasteiger partial charge in [-0.1, -0.05) is 24.3 Å². The summed E-state index contributed by atoms with van der Waals surface area (Å²) in [5.74, 6) is -0.921. The summed E-state index contributed by atoms with van der Waals surface area (Å²) in [5.41, 5.74) is 1.65. The number of rotatable bonds is 6. The van der Waals surface area contributed by atoms with Crippen LogP contribution >= 0.6 is 0 Å². The third-order valence-electron chi connectivity index (χ3n) is 6.14. The maximum atomic E-state index is 13.8. The molecule has 2 aromatic carbocycles. The van der Waals surface area contributed by atoms with Crippen LogP contribution in [0.25, 0.3) is 0 Å². The maximum absolute atomic E-state index is 13.8. The van der Waals surface area contributed by atoms with Crippen LogP contribution in [0.3, 0.4) is 0 Å². The fraction of sp³-hybridized carbons (Fsp3) is 0.269. The highest BCUT2D eigenvalue weighted by Crippen LogP contribution is 2.35. The minimum Gasteiger partial charge on any atom is -0.459 e. The van der Waals surface area contributed by atoms with Crippen molar-refractivity contribution < 1.29 is 32.7 Å². The van der Waals surface area contributed by atoms with E-state index in [1.807, 2.05) is 0 Å². The molecule has 9 nitrogen and oxygen atoms in total. The molecule has 3 aromatic rings. The fourth-order valence-electron chi connectivity index (χ4n) is 4.35. The summed E-state index contributed by atoms with van der Waals surface area (Å²) in [6.07, 6.45) is -0.129. The smallest absolute Gasteiger partial charge is 0.411 e. The predicted octanol–water partition coefficient (Wildman–Crippen LogP) is 3.59. The summed E-state index contributed by atoms with van der Waals surface area (Å²) in [7, 11) is 0. The molecule has 5 rings (SSSR count). The highest BCUT2D eigenvalue weighted by Gasteiger charge is 2.48. The van der Waals surface area contributed by atoms with E-state index in [0.29, 0.717) is 43.1 Å². The second-order valence-corrected chi connectivity index (χ2v) is 8.50. The number of furan rings is 1. The molecule has 2 atom stereocenters. The summed E-state index contributed by atoms with van der Waals surface area (Å²) >= 11 is 0. The van der Waals surface area contributed by atoms with Gasteiger partial charge < -0.3 is 24.1 Å². The number of ether oxygens (including phenoxy) is 2. The van der Waals surface area contributed by atoms with Crippen molar-refractivity contribution in [3.63, 3.8) is 0 Å². The lowest BCUT2D eigenvalue weighted by Gasteiger charge is -2.32. The Morgan fingerprint density at radius 1 is 1.03 bits per heavy atom. The van der Waals surface area contributed by atoms with Crippen molar-refractivity contribution in [2.75, 3.05) is 31.6 Å². The number of nitrogens with one attached hydrogen (secondary N) is 1. The van der Waals surface area contributed by atoms with Crippen LogP contribution in [0.5, 0.6) is 0 Å². The van der Waals surface area contributed by atoms with Crippen LogP contribution in [0.4, 0.5) is 14.9 Å². The van der Waals surface area contributed by atoms with Crippen molar-refractivity contribution >= 4 is 23.6 Å². The first-order valence-corrected chi connectivity index (χ1v) is 11.5. The third kappa shape index (κ3) is 4.94. The van der Waals surface area contributed by atoms with Crippen molar-refractivity contribution in [2.45, 2.75) is 18.7 Å². The van der Waals surface area contributed by atoms with Gasteiger partial charge in [0.25, 0.3) is 5.91 Å². The van der Waals surface area contributed by atoms with Crippen LogP contribution in [-0.2, 0) is 20.8 Å². The zero-order chi connectivity index (χ0) is 25.1. The first kappa shape index (κ1) is 23.6. The number of cyclic esters (lactones) is 1. The second kappa shape index (κ2) is 10.2. The molecule has 2 unspecified atom stereocenters. The Labute approximate surface area is 206 Å². The molecular weight excluding hydrogens is 469 g/mol. The van der Waals surface area contributed by atoms with Crippen LogP contribution in [0.2, 0.25) is 0 Å². The van der Waals surface area contributed by atoms with E-state index < -0.39 is 30.0 Å². The van der Waals surface area contributed by atoms with E-state index in [1.54, 1.807) is 53.4 Å². The molecule has 2 aliphatic rings. The monoisotopic (exact) mass is 493 g/mol. The lowest BCUT2D eigenvalue weighted by Crippen LogP contribution is -2.51. The molecule has 0 bridgehead atoms. The second-order valence-electron chi connectivity index (χ2n) is 8.50. The summed E-state index contributed by atoms with van der Waals surface area (Å²) in [4.78, 5) is 41.8. The molecule has 2 saturated heterocycles. The van der Waals surface area contributed by atoms with Gasteiger partial charge in [-0.3, -0.25) is 14.5 Å². The summed E-state index contributed by atoms with van der Waals surface area (Å²) in [6, 6.07) is 14.8. The van der Waals surface area contributed by atoms with Gasteiger partial charge in [-0.2, -0.15) is 0 Å². The number of carbonyl (C=O) groups is 3. The molecule has 186 valence electrons. The third-order valence-corrected chi connectivity index (χ3v) is 6.14. The lowest BCUT2D eigenvalue weighted by atomic mass is 9.99. The van der Waals surface area contributed by atoms with Gasteiger partial charge in [0.2, 0.25) is 5.91 Å². The van der Waals surface area contributed by atoms with Gasteiger partial charge in [-0.05, 0) is 47.5 Å². The Bertz CT molecular complexity index is 1240. The fourth-order valence-corrected chi connectivity index (χ4v) is 4.35. The molecule has 0 spiro atoms. The SMILES string of the molecule is O=C(Nc1ccc(C2OC(=O)N(Cc3cccc(F)c3)C2C(=O)N2CCOCC2)cc1)c1ccco1. The Morgan fingerprint density at radius 3 is 2.50 bits per heavy atom. The van der Waals surface area contributed by atoms with Gasteiger partial charge in [-0.15, -0.1) is 0 Å². The van der Waals surface area contributed by atoms with Crippen LogP contribution in [0, 0.1) is 5.82 Å². The minimum absolute atomic E-state index is 0.0190. The van der Waals surface area contributed by atoms with E-state index >= 15 is 0 Å². The highest BCUT2D eigenvalue weighted by molar-refractivity contribution is 6.02. The van der Waals surface area contributed by atoms with E-state index in [1.165, 1.54) is 23.3 Å². The zero-order valence-electron chi connectivity index (χ0n) is 19.3. The quantitative estimate of drug-likeness (QED) is 0.563. The first-order valence-electron chi connectivity index (χ1n) is 11.5. The Hall–Kier alpha value is -4.18. The molecule has 1 N–H and O–H groups in total. The van der Waals surface area contributed by atoms with Crippen molar-refractivity contribution in [1.29, 1.82) is 0 Å². The summed E-state index contributed by atoms with van der Waals surface area (Å²) in [5, 5.41) is 2.73. The number of halogens is 1.